The fourth-order valence-electron chi connectivity index (χ4n) is 3.38. The van der Waals surface area contributed by atoms with Crippen LogP contribution in [0.1, 0.15) is 42.4 Å². The Labute approximate surface area is 143 Å². The molecule has 0 saturated heterocycles. The second-order valence-electron chi connectivity index (χ2n) is 6.46. The Morgan fingerprint density at radius 1 is 1.04 bits per heavy atom. The van der Waals surface area contributed by atoms with Crippen molar-refractivity contribution in [2.75, 3.05) is 0 Å². The van der Waals surface area contributed by atoms with Crippen LogP contribution in [-0.2, 0) is 24.1 Å². The van der Waals surface area contributed by atoms with Crippen LogP contribution in [0.2, 0.25) is 0 Å². The summed E-state index contributed by atoms with van der Waals surface area (Å²) in [6, 6.07) is 16.6. The van der Waals surface area contributed by atoms with E-state index in [1.165, 1.54) is 17.5 Å². The molecule has 0 amide bonds. The van der Waals surface area contributed by atoms with Crippen molar-refractivity contribution in [2.24, 2.45) is 0 Å². The normalized spacial score (nSPS) is 15.8. The molecule has 1 aliphatic heterocycles. The summed E-state index contributed by atoms with van der Waals surface area (Å²) in [6.07, 6.45) is 6.41. The minimum Gasteiger partial charge on any atom is -0.490 e. The van der Waals surface area contributed by atoms with Crippen LogP contribution in [0.3, 0.4) is 0 Å². The van der Waals surface area contributed by atoms with E-state index in [4.69, 9.17) is 9.84 Å². The van der Waals surface area contributed by atoms with Crippen LogP contribution in [0.4, 0.5) is 0 Å². The Morgan fingerprint density at radius 3 is 2.67 bits per heavy atom. The van der Waals surface area contributed by atoms with E-state index in [9.17, 15) is 4.79 Å². The maximum absolute atomic E-state index is 10.8. The highest BCUT2D eigenvalue weighted by Crippen LogP contribution is 2.33. The highest BCUT2D eigenvalue weighted by Gasteiger charge is 2.24. The average molecular weight is 324 g/mol. The summed E-state index contributed by atoms with van der Waals surface area (Å²) >= 11 is 0. The van der Waals surface area contributed by atoms with Crippen molar-refractivity contribution in [3.8, 4) is 5.75 Å². The number of hydrogen-bond acceptors (Lipinski definition) is 2. The summed E-state index contributed by atoms with van der Waals surface area (Å²) in [6.45, 7) is 0. The number of aryl methyl sites for hydroxylation is 2. The first-order chi connectivity index (χ1) is 11.7. The van der Waals surface area contributed by atoms with Gasteiger partial charge in [-0.15, -0.1) is 0 Å². The van der Waals surface area contributed by atoms with Gasteiger partial charge in [0.05, 0.1) is 0 Å². The maximum atomic E-state index is 10.8. The fourth-order valence-corrected chi connectivity index (χ4v) is 3.38. The van der Waals surface area contributed by atoms with Gasteiger partial charge in [0.25, 0.3) is 0 Å². The Balaban J connectivity index is 1.47. The minimum atomic E-state index is -0.746. The lowest BCUT2D eigenvalue weighted by atomic mass is 9.97. The van der Waals surface area contributed by atoms with Crippen molar-refractivity contribution in [1.82, 2.24) is 0 Å². The smallest absolute Gasteiger partial charge is 0.303 e. The van der Waals surface area contributed by atoms with Crippen LogP contribution < -0.4 is 4.74 Å². The maximum Gasteiger partial charge on any atom is 0.303 e. The van der Waals surface area contributed by atoms with E-state index in [1.54, 1.807) is 0 Å². The van der Waals surface area contributed by atoms with Crippen LogP contribution in [0.15, 0.2) is 48.5 Å². The molecule has 1 unspecified atom stereocenters. The van der Waals surface area contributed by atoms with Gasteiger partial charge in [0.1, 0.15) is 11.9 Å². The molecule has 1 aliphatic rings. The molecular formula is C21H24O3. The molecule has 24 heavy (non-hydrogen) atoms. The van der Waals surface area contributed by atoms with Gasteiger partial charge in [0.15, 0.2) is 0 Å². The van der Waals surface area contributed by atoms with E-state index in [-0.39, 0.29) is 12.5 Å². The molecule has 0 fully saturated rings. The molecule has 3 rings (SSSR count). The van der Waals surface area contributed by atoms with Crippen LogP contribution >= 0.6 is 0 Å². The van der Waals surface area contributed by atoms with Crippen molar-refractivity contribution < 1.29 is 14.6 Å². The van der Waals surface area contributed by atoms with E-state index < -0.39 is 5.97 Å². The zero-order chi connectivity index (χ0) is 16.8. The second-order valence-corrected chi connectivity index (χ2v) is 6.46. The van der Waals surface area contributed by atoms with E-state index in [0.29, 0.717) is 6.42 Å². The number of unbranched alkanes of at least 4 members (excludes halogenated alkanes) is 1. The van der Waals surface area contributed by atoms with Gasteiger partial charge in [-0.25, -0.2) is 0 Å². The predicted molar refractivity (Wildman–Crippen MR) is 94.5 cm³/mol. The average Bonchev–Trinajstić information content (AvgIpc) is 3.01. The van der Waals surface area contributed by atoms with E-state index >= 15 is 0 Å². The van der Waals surface area contributed by atoms with Crippen molar-refractivity contribution in [3.63, 3.8) is 0 Å². The Morgan fingerprint density at radius 2 is 1.88 bits per heavy atom. The number of fused-ring (bicyclic) bond motifs is 1. The number of aliphatic carboxylic acids is 1. The van der Waals surface area contributed by atoms with Gasteiger partial charge < -0.3 is 9.84 Å². The molecule has 0 saturated carbocycles. The van der Waals surface area contributed by atoms with Crippen LogP contribution in [0.25, 0.3) is 0 Å². The lowest BCUT2D eigenvalue weighted by Gasteiger charge is -2.10. The molecule has 0 aromatic heterocycles. The number of carbonyl (C=O) groups is 1. The van der Waals surface area contributed by atoms with Crippen molar-refractivity contribution in [1.29, 1.82) is 0 Å². The number of carboxylic acid groups (broad SMARTS) is 1. The molecule has 1 N–H and O–H groups in total. The zero-order valence-corrected chi connectivity index (χ0v) is 13.9. The summed E-state index contributed by atoms with van der Waals surface area (Å²) in [5.41, 5.74) is 3.73. The molecule has 3 nitrogen and oxygen atoms in total. The molecular weight excluding hydrogens is 300 g/mol. The van der Waals surface area contributed by atoms with Crippen LogP contribution in [-0.4, -0.2) is 17.2 Å². The first-order valence-electron chi connectivity index (χ1n) is 8.75. The SMILES string of the molecule is O=C(O)CCc1cccc2c1CC(CCCCc1ccccc1)O2. The summed E-state index contributed by atoms with van der Waals surface area (Å²) in [4.78, 5) is 10.8. The second kappa shape index (κ2) is 8.00. The van der Waals surface area contributed by atoms with Crippen molar-refractivity contribution in [2.45, 2.75) is 51.0 Å². The van der Waals surface area contributed by atoms with Gasteiger partial charge in [0, 0.05) is 18.4 Å². The molecule has 2 aromatic rings. The number of hydrogen-bond donors (Lipinski definition) is 1. The van der Waals surface area contributed by atoms with E-state index in [1.807, 2.05) is 18.2 Å². The minimum absolute atomic E-state index is 0.179. The van der Waals surface area contributed by atoms with Gasteiger partial charge in [-0.05, 0) is 49.3 Å². The molecule has 126 valence electrons. The predicted octanol–water partition coefficient (Wildman–Crippen LogP) is 4.42. The summed E-state index contributed by atoms with van der Waals surface area (Å²) in [7, 11) is 0. The topological polar surface area (TPSA) is 46.5 Å². The molecule has 3 heteroatoms. The van der Waals surface area contributed by atoms with Gasteiger partial charge in [-0.3, -0.25) is 4.79 Å². The highest BCUT2D eigenvalue weighted by atomic mass is 16.5. The third-order valence-corrected chi connectivity index (χ3v) is 4.65. The quantitative estimate of drug-likeness (QED) is 0.731. The standard InChI is InChI=1S/C21H24O3/c22-21(23)14-13-17-10-6-12-20-19(17)15-18(24-20)11-5-4-9-16-7-2-1-3-8-16/h1-3,6-8,10,12,18H,4-5,9,11,13-15H2,(H,22,23). The molecule has 2 aromatic carbocycles. The lowest BCUT2D eigenvalue weighted by Crippen LogP contribution is -2.12. The Kier molecular flexibility index (Phi) is 5.52. The third kappa shape index (κ3) is 4.38. The number of benzene rings is 2. The van der Waals surface area contributed by atoms with Gasteiger partial charge in [0.2, 0.25) is 0 Å². The fraction of sp³-hybridized carbons (Fsp3) is 0.381. The molecule has 0 aliphatic carbocycles. The van der Waals surface area contributed by atoms with Crippen LogP contribution in [0, 0.1) is 0 Å². The number of ether oxygens (including phenoxy) is 1. The zero-order valence-electron chi connectivity index (χ0n) is 13.9. The summed E-state index contributed by atoms with van der Waals surface area (Å²) in [5.74, 6) is 0.204. The molecule has 0 radical (unpaired) electrons. The van der Waals surface area contributed by atoms with Crippen molar-refractivity contribution in [3.05, 3.63) is 65.2 Å². The summed E-state index contributed by atoms with van der Waals surface area (Å²) in [5, 5.41) is 8.88. The van der Waals surface area contributed by atoms with Crippen LogP contribution in [0.5, 0.6) is 5.75 Å². The first kappa shape index (κ1) is 16.6. The van der Waals surface area contributed by atoms with Gasteiger partial charge in [-0.2, -0.15) is 0 Å². The Hall–Kier alpha value is -2.29. The monoisotopic (exact) mass is 324 g/mol. The summed E-state index contributed by atoms with van der Waals surface area (Å²) < 4.78 is 6.06. The van der Waals surface area contributed by atoms with Crippen molar-refractivity contribution >= 4 is 5.97 Å². The number of carboxylic acids is 1. The molecule has 0 bridgehead atoms. The molecule has 1 heterocycles. The molecule has 1 atom stereocenters. The largest absolute Gasteiger partial charge is 0.490 e. The number of rotatable bonds is 8. The Bertz CT molecular complexity index is 679. The van der Waals surface area contributed by atoms with Gasteiger partial charge >= 0.3 is 5.97 Å². The van der Waals surface area contributed by atoms with E-state index in [2.05, 4.69) is 30.3 Å². The lowest BCUT2D eigenvalue weighted by molar-refractivity contribution is -0.136. The first-order valence-corrected chi connectivity index (χ1v) is 8.75. The highest BCUT2D eigenvalue weighted by molar-refractivity contribution is 5.67. The van der Waals surface area contributed by atoms with Gasteiger partial charge in [-0.1, -0.05) is 42.5 Å². The third-order valence-electron chi connectivity index (χ3n) is 4.65. The van der Waals surface area contributed by atoms with E-state index in [0.717, 1.165) is 37.0 Å². The molecule has 0 spiro atoms.